The minimum absolute atomic E-state index is 0.373. The Morgan fingerprint density at radius 3 is 2.44 bits per heavy atom. The zero-order valence-electron chi connectivity index (χ0n) is 11.0. The maximum Gasteiger partial charge on any atom is 0.119 e. The largest absolute Gasteiger partial charge is 0.491 e. The van der Waals surface area contributed by atoms with Crippen LogP contribution in [0, 0.1) is 0 Å². The smallest absolute Gasteiger partial charge is 0.119 e. The van der Waals surface area contributed by atoms with E-state index < -0.39 is 0 Å². The Labute approximate surface area is 109 Å². The Morgan fingerprint density at radius 2 is 1.83 bits per heavy atom. The van der Waals surface area contributed by atoms with Gasteiger partial charge in [-0.2, -0.15) is 0 Å². The van der Waals surface area contributed by atoms with Gasteiger partial charge in [-0.1, -0.05) is 0 Å². The lowest BCUT2D eigenvalue weighted by Crippen LogP contribution is -2.39. The molecule has 2 rings (SSSR count). The van der Waals surface area contributed by atoms with E-state index in [0.29, 0.717) is 19.3 Å². The van der Waals surface area contributed by atoms with E-state index in [-0.39, 0.29) is 0 Å². The van der Waals surface area contributed by atoms with Crippen LogP contribution in [0.25, 0.3) is 0 Å². The molecule has 1 aliphatic heterocycles. The number of anilines is 1. The number of methoxy groups -OCH3 is 1. The maximum atomic E-state index is 5.91. The van der Waals surface area contributed by atoms with Crippen molar-refractivity contribution in [2.75, 3.05) is 38.3 Å². The molecule has 0 amide bonds. The van der Waals surface area contributed by atoms with Crippen LogP contribution in [-0.2, 0) is 4.74 Å². The van der Waals surface area contributed by atoms with Gasteiger partial charge in [-0.05, 0) is 37.1 Å². The van der Waals surface area contributed by atoms with Gasteiger partial charge in [0.15, 0.2) is 0 Å². The van der Waals surface area contributed by atoms with Crippen molar-refractivity contribution in [1.82, 2.24) is 0 Å². The summed E-state index contributed by atoms with van der Waals surface area (Å²) in [5.74, 6) is 0.893. The number of benzene rings is 1. The van der Waals surface area contributed by atoms with E-state index in [1.165, 1.54) is 5.69 Å². The minimum Gasteiger partial charge on any atom is -0.491 e. The molecule has 4 nitrogen and oxygen atoms in total. The molecule has 2 N–H and O–H groups in total. The maximum absolute atomic E-state index is 5.91. The predicted molar refractivity (Wildman–Crippen MR) is 73.2 cm³/mol. The Hall–Kier alpha value is -1.26. The zero-order valence-corrected chi connectivity index (χ0v) is 11.0. The molecule has 0 radical (unpaired) electrons. The summed E-state index contributed by atoms with van der Waals surface area (Å²) in [6.07, 6.45) is 2.15. The second kappa shape index (κ2) is 6.61. The first-order valence-corrected chi connectivity index (χ1v) is 6.52. The van der Waals surface area contributed by atoms with E-state index in [1.54, 1.807) is 7.11 Å². The van der Waals surface area contributed by atoms with E-state index >= 15 is 0 Å². The number of nitrogens with zero attached hydrogens (tertiary/aromatic N) is 1. The van der Waals surface area contributed by atoms with Crippen molar-refractivity contribution in [3.63, 3.8) is 0 Å². The number of hydrogen-bond acceptors (Lipinski definition) is 4. The highest BCUT2D eigenvalue weighted by atomic mass is 16.5. The average Bonchev–Trinajstić information content (AvgIpc) is 2.41. The standard InChI is InChI=1S/C14H22N2O2/c1-17-10-11-18-14-4-2-13(3-5-14)16-8-6-12(15)7-9-16/h2-5,12H,6-11,15H2,1H3. The summed E-state index contributed by atoms with van der Waals surface area (Å²) in [5, 5.41) is 0. The topological polar surface area (TPSA) is 47.7 Å². The van der Waals surface area contributed by atoms with Crippen LogP contribution in [0.5, 0.6) is 5.75 Å². The first kappa shape index (κ1) is 13.2. The Balaban J connectivity index is 1.87. The van der Waals surface area contributed by atoms with Crippen molar-refractivity contribution in [2.45, 2.75) is 18.9 Å². The molecule has 100 valence electrons. The van der Waals surface area contributed by atoms with Crippen molar-refractivity contribution in [1.29, 1.82) is 0 Å². The molecule has 1 heterocycles. The van der Waals surface area contributed by atoms with Gasteiger partial charge in [-0.15, -0.1) is 0 Å². The molecule has 18 heavy (non-hydrogen) atoms. The van der Waals surface area contributed by atoms with E-state index in [0.717, 1.165) is 31.7 Å². The van der Waals surface area contributed by atoms with E-state index in [4.69, 9.17) is 15.2 Å². The fourth-order valence-corrected chi connectivity index (χ4v) is 2.15. The van der Waals surface area contributed by atoms with Gasteiger partial charge >= 0.3 is 0 Å². The highest BCUT2D eigenvalue weighted by molar-refractivity contribution is 5.49. The van der Waals surface area contributed by atoms with Crippen LogP contribution in [-0.4, -0.2) is 39.5 Å². The molecule has 1 saturated heterocycles. The van der Waals surface area contributed by atoms with Crippen molar-refractivity contribution >= 4 is 5.69 Å². The zero-order chi connectivity index (χ0) is 12.8. The third kappa shape index (κ3) is 3.62. The third-order valence-electron chi connectivity index (χ3n) is 3.30. The van der Waals surface area contributed by atoms with Crippen molar-refractivity contribution in [2.24, 2.45) is 5.73 Å². The molecule has 0 atom stereocenters. The Morgan fingerprint density at radius 1 is 1.17 bits per heavy atom. The van der Waals surface area contributed by atoms with Gasteiger partial charge in [0, 0.05) is 31.9 Å². The monoisotopic (exact) mass is 250 g/mol. The summed E-state index contributed by atoms with van der Waals surface area (Å²) in [6.45, 7) is 3.30. The molecule has 0 spiro atoms. The van der Waals surface area contributed by atoms with Crippen LogP contribution in [0.4, 0.5) is 5.69 Å². The summed E-state index contributed by atoms with van der Waals surface area (Å²) in [4.78, 5) is 2.38. The summed E-state index contributed by atoms with van der Waals surface area (Å²) in [5.41, 5.74) is 7.16. The molecular formula is C14H22N2O2. The van der Waals surface area contributed by atoms with Crippen LogP contribution in [0.15, 0.2) is 24.3 Å². The molecule has 0 saturated carbocycles. The first-order chi connectivity index (χ1) is 8.79. The number of ether oxygens (including phenoxy) is 2. The molecule has 0 bridgehead atoms. The molecule has 0 aliphatic carbocycles. The van der Waals surface area contributed by atoms with E-state index in [9.17, 15) is 0 Å². The average molecular weight is 250 g/mol. The van der Waals surface area contributed by atoms with Gasteiger partial charge < -0.3 is 20.1 Å². The lowest BCUT2D eigenvalue weighted by molar-refractivity contribution is 0.146. The lowest BCUT2D eigenvalue weighted by Gasteiger charge is -2.32. The van der Waals surface area contributed by atoms with Gasteiger partial charge in [0.2, 0.25) is 0 Å². The second-order valence-corrected chi connectivity index (χ2v) is 4.66. The van der Waals surface area contributed by atoms with Crippen LogP contribution in [0.1, 0.15) is 12.8 Å². The van der Waals surface area contributed by atoms with Gasteiger partial charge in [-0.3, -0.25) is 0 Å². The third-order valence-corrected chi connectivity index (χ3v) is 3.30. The normalized spacial score (nSPS) is 16.9. The Bertz CT molecular complexity index is 345. The Kier molecular flexibility index (Phi) is 4.84. The summed E-state index contributed by atoms with van der Waals surface area (Å²) in [6, 6.07) is 8.62. The molecular weight excluding hydrogens is 228 g/mol. The molecule has 1 fully saturated rings. The molecule has 1 aromatic rings. The van der Waals surface area contributed by atoms with Gasteiger partial charge in [0.25, 0.3) is 0 Å². The first-order valence-electron chi connectivity index (χ1n) is 6.52. The summed E-state index contributed by atoms with van der Waals surface area (Å²) in [7, 11) is 1.67. The van der Waals surface area contributed by atoms with Crippen LogP contribution < -0.4 is 15.4 Å². The molecule has 4 heteroatoms. The molecule has 1 aliphatic rings. The van der Waals surface area contributed by atoms with Crippen LogP contribution >= 0.6 is 0 Å². The van der Waals surface area contributed by atoms with Gasteiger partial charge in [0.1, 0.15) is 12.4 Å². The predicted octanol–water partition coefficient (Wildman–Crippen LogP) is 1.64. The number of nitrogens with two attached hydrogens (primary N) is 1. The van der Waals surface area contributed by atoms with E-state index in [2.05, 4.69) is 17.0 Å². The lowest BCUT2D eigenvalue weighted by atomic mass is 10.1. The highest BCUT2D eigenvalue weighted by Gasteiger charge is 2.15. The van der Waals surface area contributed by atoms with E-state index in [1.807, 2.05) is 12.1 Å². The van der Waals surface area contributed by atoms with Gasteiger partial charge in [0.05, 0.1) is 6.61 Å². The molecule has 0 aromatic heterocycles. The van der Waals surface area contributed by atoms with Crippen LogP contribution in [0.2, 0.25) is 0 Å². The molecule has 0 unspecified atom stereocenters. The van der Waals surface area contributed by atoms with Crippen LogP contribution in [0.3, 0.4) is 0 Å². The van der Waals surface area contributed by atoms with Gasteiger partial charge in [-0.25, -0.2) is 0 Å². The van der Waals surface area contributed by atoms with Crippen molar-refractivity contribution in [3.05, 3.63) is 24.3 Å². The fraction of sp³-hybridized carbons (Fsp3) is 0.571. The fourth-order valence-electron chi connectivity index (χ4n) is 2.15. The number of piperidine rings is 1. The highest BCUT2D eigenvalue weighted by Crippen LogP contribution is 2.22. The SMILES string of the molecule is COCCOc1ccc(N2CCC(N)CC2)cc1. The summed E-state index contributed by atoms with van der Waals surface area (Å²) < 4.78 is 10.5. The van der Waals surface area contributed by atoms with Crippen molar-refractivity contribution in [3.8, 4) is 5.75 Å². The summed E-state index contributed by atoms with van der Waals surface area (Å²) >= 11 is 0. The molecule has 1 aromatic carbocycles. The number of rotatable bonds is 5. The number of hydrogen-bond donors (Lipinski definition) is 1. The minimum atomic E-state index is 0.373. The quantitative estimate of drug-likeness (QED) is 0.807. The second-order valence-electron chi connectivity index (χ2n) is 4.66. The van der Waals surface area contributed by atoms with Crippen molar-refractivity contribution < 1.29 is 9.47 Å².